The molecule has 0 atom stereocenters. The molecule has 0 bridgehead atoms. The zero-order valence-corrected chi connectivity index (χ0v) is 33.1. The predicted molar refractivity (Wildman–Crippen MR) is 179 cm³/mol. The number of rotatable bonds is 0. The van der Waals surface area contributed by atoms with Crippen molar-refractivity contribution >= 4 is 0 Å². The summed E-state index contributed by atoms with van der Waals surface area (Å²) in [6, 6.07) is 0. The van der Waals surface area contributed by atoms with Gasteiger partial charge in [-0.2, -0.15) is 44.6 Å². The van der Waals surface area contributed by atoms with Crippen molar-refractivity contribution in [3.05, 3.63) is 51.5 Å². The molecule has 0 aliphatic carbocycles. The van der Waals surface area contributed by atoms with Crippen molar-refractivity contribution in [2.75, 3.05) is 0 Å². The lowest BCUT2D eigenvalue weighted by Crippen LogP contribution is -2.30. The largest absolute Gasteiger partial charge is 0.433 e. The monoisotopic (exact) mass is 746 g/mol. The highest BCUT2D eigenvalue weighted by Crippen LogP contribution is 2.45. The smallest absolute Gasteiger partial charge is 0.360 e. The van der Waals surface area contributed by atoms with Crippen LogP contribution >= 0.6 is 0 Å². The van der Waals surface area contributed by atoms with Crippen molar-refractivity contribution in [3.8, 4) is 0 Å². The molecular weight excluding hydrogens is 691 g/mol. The van der Waals surface area contributed by atoms with E-state index in [1.54, 1.807) is 125 Å². The van der Waals surface area contributed by atoms with Crippen LogP contribution in [0.1, 0.15) is 170 Å². The van der Waals surface area contributed by atoms with Gasteiger partial charge in [-0.1, -0.05) is 114 Å². The van der Waals surface area contributed by atoms with E-state index in [1.165, 1.54) is 6.20 Å². The molecule has 0 aliphatic rings. The first-order valence-corrected chi connectivity index (χ1v) is 16.4. The first kappa shape index (κ1) is 46.0. The molecule has 0 aliphatic heterocycles. The van der Waals surface area contributed by atoms with Gasteiger partial charge in [0.1, 0.15) is 28.2 Å². The van der Waals surface area contributed by atoms with Crippen LogP contribution in [0.5, 0.6) is 0 Å². The fourth-order valence-corrected chi connectivity index (χ4v) is 4.83. The zero-order valence-electron chi connectivity index (χ0n) is 33.1. The van der Waals surface area contributed by atoms with Crippen LogP contribution in [-0.2, 0) is 51.1 Å². The summed E-state index contributed by atoms with van der Waals surface area (Å²) >= 11 is 0. The lowest BCUT2D eigenvalue weighted by Gasteiger charge is -2.26. The van der Waals surface area contributed by atoms with E-state index in [2.05, 4.69) is 15.4 Å². The summed E-state index contributed by atoms with van der Waals surface area (Å²) < 4.78 is 129. The van der Waals surface area contributed by atoms with Crippen LogP contribution in [-0.4, -0.2) is 20.1 Å². The average molecular weight is 747 g/mol. The number of alkyl halides is 9. The molecule has 3 heterocycles. The highest BCUT2D eigenvalue weighted by atomic mass is 19.4. The Morgan fingerprint density at radius 1 is 0.451 bits per heavy atom. The van der Waals surface area contributed by atoms with E-state index in [9.17, 15) is 39.5 Å². The molecule has 0 N–H and O–H groups in total. The van der Waals surface area contributed by atoms with Crippen LogP contribution in [0.2, 0.25) is 0 Å². The van der Waals surface area contributed by atoms with E-state index in [0.29, 0.717) is 0 Å². The van der Waals surface area contributed by atoms with E-state index >= 15 is 0 Å². The highest BCUT2D eigenvalue weighted by molar-refractivity contribution is 5.35. The summed E-state index contributed by atoms with van der Waals surface area (Å²) in [6.45, 7) is 30.6. The molecule has 15 heteroatoms. The molecule has 0 aromatic carbocycles. The minimum Gasteiger partial charge on any atom is -0.360 e. The van der Waals surface area contributed by atoms with E-state index in [1.807, 2.05) is 0 Å². The molecule has 0 amide bonds. The maximum Gasteiger partial charge on any atom is 0.433 e. The van der Waals surface area contributed by atoms with Gasteiger partial charge in [0.15, 0.2) is 11.5 Å². The normalized spacial score (nSPS) is 14.2. The van der Waals surface area contributed by atoms with Gasteiger partial charge in [0, 0.05) is 27.2 Å². The Kier molecular flexibility index (Phi) is 12.7. The van der Waals surface area contributed by atoms with E-state index in [4.69, 9.17) is 9.05 Å². The second-order valence-corrected chi connectivity index (χ2v) is 18.7. The minimum absolute atomic E-state index is 0.0325. The molecule has 0 unspecified atom stereocenters. The molecule has 0 spiro atoms. The van der Waals surface area contributed by atoms with Crippen LogP contribution in [0.25, 0.3) is 0 Å². The Balaban J connectivity index is 0.000000382. The Labute approximate surface area is 295 Å². The summed E-state index contributed by atoms with van der Waals surface area (Å²) in [5.74, 6) is -0.204. The molecule has 294 valence electrons. The SMILES string of the molecule is CC(C)(C)c1cnn(C(C)(C)C)c1C(F)(F)F.CC(C)(C)c1noc(C(C)(C)C)c1C(F)(F)F.CC(C)(C)c1noc(C(C)(C)C)c1C(F)(F)F. The number of hydrogen-bond donors (Lipinski definition) is 0. The first-order valence-electron chi connectivity index (χ1n) is 16.4. The molecule has 3 aromatic rings. The molecule has 0 fully saturated rings. The quantitative estimate of drug-likeness (QED) is 0.214. The lowest BCUT2D eigenvalue weighted by atomic mass is 9.83. The van der Waals surface area contributed by atoms with Gasteiger partial charge in [-0.05, 0) is 26.2 Å². The summed E-state index contributed by atoms with van der Waals surface area (Å²) in [5.41, 5.74) is -6.02. The lowest BCUT2D eigenvalue weighted by molar-refractivity contribution is -0.147. The van der Waals surface area contributed by atoms with Gasteiger partial charge in [-0.25, -0.2) is 0 Å². The molecule has 0 radical (unpaired) electrons. The molecule has 6 nitrogen and oxygen atoms in total. The molecule has 3 aromatic heterocycles. The van der Waals surface area contributed by atoms with E-state index in [-0.39, 0.29) is 28.5 Å². The van der Waals surface area contributed by atoms with Crippen LogP contribution in [0, 0.1) is 0 Å². The van der Waals surface area contributed by atoms with Gasteiger partial charge < -0.3 is 9.05 Å². The predicted octanol–water partition coefficient (Wildman–Crippen LogP) is 12.5. The Bertz CT molecular complexity index is 1310. The maximum absolute atomic E-state index is 13.1. The molecule has 0 saturated heterocycles. The molecular formula is C36H55F9N4O2. The van der Waals surface area contributed by atoms with Crippen molar-refractivity contribution < 1.29 is 48.6 Å². The van der Waals surface area contributed by atoms with Gasteiger partial charge in [-0.15, -0.1) is 0 Å². The Morgan fingerprint density at radius 2 is 0.765 bits per heavy atom. The fourth-order valence-electron chi connectivity index (χ4n) is 4.83. The number of hydrogen-bond acceptors (Lipinski definition) is 5. The average Bonchev–Trinajstić information content (AvgIpc) is 3.58. The van der Waals surface area contributed by atoms with Crippen LogP contribution in [0.4, 0.5) is 39.5 Å². The van der Waals surface area contributed by atoms with Crippen LogP contribution in [0.3, 0.4) is 0 Å². The van der Waals surface area contributed by atoms with Gasteiger partial charge in [0.25, 0.3) is 0 Å². The van der Waals surface area contributed by atoms with Crippen molar-refractivity contribution in [3.63, 3.8) is 0 Å². The topological polar surface area (TPSA) is 69.9 Å². The maximum atomic E-state index is 13.1. The van der Waals surface area contributed by atoms with Crippen molar-refractivity contribution in [2.45, 2.75) is 176 Å². The van der Waals surface area contributed by atoms with Crippen molar-refractivity contribution in [1.82, 2.24) is 20.1 Å². The third-order valence-electron chi connectivity index (χ3n) is 7.22. The van der Waals surface area contributed by atoms with Gasteiger partial charge in [0.05, 0.1) is 11.7 Å². The number of halogens is 9. The minimum atomic E-state index is -4.44. The summed E-state index contributed by atoms with van der Waals surface area (Å²) in [7, 11) is 0. The second-order valence-electron chi connectivity index (χ2n) is 18.7. The van der Waals surface area contributed by atoms with Gasteiger partial charge in [0.2, 0.25) is 0 Å². The van der Waals surface area contributed by atoms with Crippen LogP contribution in [0.15, 0.2) is 15.2 Å². The van der Waals surface area contributed by atoms with E-state index in [0.717, 1.165) is 4.68 Å². The summed E-state index contributed by atoms with van der Waals surface area (Å²) in [6.07, 6.45) is -11.9. The third kappa shape index (κ3) is 11.8. The molecule has 51 heavy (non-hydrogen) atoms. The first-order chi connectivity index (χ1) is 22.0. The summed E-state index contributed by atoms with van der Waals surface area (Å²) in [5, 5.41) is 11.2. The Morgan fingerprint density at radius 3 is 0.961 bits per heavy atom. The Hall–Kier alpha value is -3.00. The van der Waals surface area contributed by atoms with Crippen molar-refractivity contribution in [1.29, 1.82) is 0 Å². The van der Waals surface area contributed by atoms with Gasteiger partial charge in [-0.3, -0.25) is 4.68 Å². The standard InChI is InChI=1S/C12H19F3N2.2C12H18F3NO/c1-10(2,3)8-7-16-17(11(4,5)6)9(8)12(13,14)15;2*1-10(2,3)8-7(12(13,14)15)9(17-16-8)11(4,5)6/h7H,1-6H3;2*1-6H3. The van der Waals surface area contributed by atoms with Crippen LogP contribution < -0.4 is 0 Å². The number of nitrogens with zero attached hydrogens (tertiary/aromatic N) is 4. The van der Waals surface area contributed by atoms with Crippen molar-refractivity contribution in [2.24, 2.45) is 0 Å². The zero-order chi connectivity index (χ0) is 40.9. The third-order valence-corrected chi connectivity index (χ3v) is 7.22. The van der Waals surface area contributed by atoms with E-state index < -0.39 is 68.0 Å². The second kappa shape index (κ2) is 14.1. The molecule has 0 saturated carbocycles. The molecule has 3 rings (SSSR count). The number of aromatic nitrogens is 4. The highest BCUT2D eigenvalue weighted by Gasteiger charge is 2.47. The summed E-state index contributed by atoms with van der Waals surface area (Å²) in [4.78, 5) is 0. The fraction of sp³-hybridized carbons (Fsp3) is 0.750. The van der Waals surface area contributed by atoms with Gasteiger partial charge >= 0.3 is 18.5 Å².